The van der Waals surface area contributed by atoms with Crippen LogP contribution in [0.25, 0.3) is 0 Å². The molecule has 0 heterocycles. The summed E-state index contributed by atoms with van der Waals surface area (Å²) in [5, 5.41) is 3.36. The van der Waals surface area contributed by atoms with E-state index in [0.29, 0.717) is 6.42 Å². The van der Waals surface area contributed by atoms with E-state index in [4.69, 9.17) is 0 Å². The van der Waals surface area contributed by atoms with Crippen molar-refractivity contribution in [3.63, 3.8) is 0 Å². The van der Waals surface area contributed by atoms with Gasteiger partial charge in [-0.1, -0.05) is 32.9 Å². The van der Waals surface area contributed by atoms with Crippen LogP contribution in [0.1, 0.15) is 47.1 Å². The number of Topliss-reactive ketones (excluding diaryl/α,β-unsaturated/α-hetero) is 1. The van der Waals surface area contributed by atoms with Crippen molar-refractivity contribution in [2.75, 3.05) is 0 Å². The number of benzene rings is 1. The zero-order valence-corrected chi connectivity index (χ0v) is 13.4. The van der Waals surface area contributed by atoms with Crippen molar-refractivity contribution in [1.29, 1.82) is 0 Å². The third kappa shape index (κ3) is 5.41. The van der Waals surface area contributed by atoms with Gasteiger partial charge < -0.3 is 5.32 Å². The largest absolute Gasteiger partial charge is 0.302 e. The maximum absolute atomic E-state index is 13.3. The van der Waals surface area contributed by atoms with Gasteiger partial charge in [0.05, 0.1) is 6.04 Å². The van der Waals surface area contributed by atoms with Crippen LogP contribution in [0.2, 0.25) is 0 Å². The molecule has 0 aliphatic heterocycles. The first-order valence-electron chi connectivity index (χ1n) is 7.05. The van der Waals surface area contributed by atoms with E-state index >= 15 is 0 Å². The highest BCUT2D eigenvalue weighted by atomic mass is 19.1. The van der Waals surface area contributed by atoms with Gasteiger partial charge >= 0.3 is 0 Å². The van der Waals surface area contributed by atoms with Crippen LogP contribution in [0.5, 0.6) is 0 Å². The Morgan fingerprint density at radius 1 is 1.20 bits per heavy atom. The van der Waals surface area contributed by atoms with Crippen molar-refractivity contribution in [2.45, 2.75) is 59.5 Å². The molecule has 0 unspecified atom stereocenters. The lowest BCUT2D eigenvalue weighted by Crippen LogP contribution is -2.51. The van der Waals surface area contributed by atoms with Gasteiger partial charge in [-0.15, -0.1) is 0 Å². The molecule has 1 rings (SSSR count). The summed E-state index contributed by atoms with van der Waals surface area (Å²) in [6.07, 6.45) is 0.505. The molecule has 0 bridgehead atoms. The number of halogens is 1. The van der Waals surface area contributed by atoms with E-state index in [1.807, 2.05) is 47.6 Å². The van der Waals surface area contributed by atoms with Crippen LogP contribution in [-0.2, 0) is 11.2 Å². The number of rotatable bonds is 4. The molecule has 0 saturated carbocycles. The topological polar surface area (TPSA) is 29.1 Å². The van der Waals surface area contributed by atoms with E-state index in [1.54, 1.807) is 6.07 Å². The highest BCUT2D eigenvalue weighted by Gasteiger charge is 2.31. The second-order valence-electron chi connectivity index (χ2n) is 7.40. The van der Waals surface area contributed by atoms with Gasteiger partial charge in [0, 0.05) is 11.0 Å². The number of hydrogen-bond donors (Lipinski definition) is 1. The van der Waals surface area contributed by atoms with Crippen molar-refractivity contribution in [3.8, 4) is 0 Å². The Kier molecular flexibility index (Phi) is 5.09. The van der Waals surface area contributed by atoms with Gasteiger partial charge in [-0.25, -0.2) is 4.39 Å². The fourth-order valence-corrected chi connectivity index (χ4v) is 2.15. The van der Waals surface area contributed by atoms with Gasteiger partial charge in [-0.3, -0.25) is 4.79 Å². The smallest absolute Gasteiger partial charge is 0.155 e. The molecule has 1 atom stereocenters. The number of carbonyl (C=O) groups is 1. The van der Waals surface area contributed by atoms with E-state index < -0.39 is 5.41 Å². The van der Waals surface area contributed by atoms with Gasteiger partial charge in [0.15, 0.2) is 5.78 Å². The van der Waals surface area contributed by atoms with Crippen LogP contribution in [0.15, 0.2) is 24.3 Å². The molecule has 1 aromatic rings. The molecular weight excluding hydrogens is 253 g/mol. The number of ketones is 1. The fraction of sp³-hybridized carbons (Fsp3) is 0.588. The molecule has 1 aromatic carbocycles. The molecule has 0 radical (unpaired) electrons. The summed E-state index contributed by atoms with van der Waals surface area (Å²) in [7, 11) is 0. The minimum atomic E-state index is -0.420. The first-order chi connectivity index (χ1) is 8.99. The minimum absolute atomic E-state index is 0.150. The Hall–Kier alpha value is -1.22. The average Bonchev–Trinajstić information content (AvgIpc) is 2.24. The van der Waals surface area contributed by atoms with Crippen LogP contribution in [0.3, 0.4) is 0 Å². The predicted octanol–water partition coefficient (Wildman–Crippen LogP) is 3.74. The summed E-state index contributed by atoms with van der Waals surface area (Å²) < 4.78 is 13.3. The lowest BCUT2D eigenvalue weighted by Gasteiger charge is -2.32. The van der Waals surface area contributed by atoms with Crippen molar-refractivity contribution in [2.24, 2.45) is 5.41 Å². The molecule has 0 aromatic heterocycles. The van der Waals surface area contributed by atoms with E-state index in [1.165, 1.54) is 12.1 Å². The quantitative estimate of drug-likeness (QED) is 0.909. The van der Waals surface area contributed by atoms with E-state index in [2.05, 4.69) is 5.32 Å². The molecule has 3 heteroatoms. The zero-order valence-electron chi connectivity index (χ0n) is 13.4. The van der Waals surface area contributed by atoms with Crippen LogP contribution in [-0.4, -0.2) is 17.4 Å². The van der Waals surface area contributed by atoms with Gasteiger partial charge in [0.25, 0.3) is 0 Å². The molecule has 0 spiro atoms. The summed E-state index contributed by atoms with van der Waals surface area (Å²) in [4.78, 5) is 12.6. The first kappa shape index (κ1) is 16.8. The molecule has 0 fully saturated rings. The average molecular weight is 279 g/mol. The van der Waals surface area contributed by atoms with Crippen molar-refractivity contribution in [1.82, 2.24) is 5.32 Å². The second kappa shape index (κ2) is 6.04. The highest BCUT2D eigenvalue weighted by Crippen LogP contribution is 2.21. The summed E-state index contributed by atoms with van der Waals surface area (Å²) in [5.41, 5.74) is 0.249. The molecule has 0 aliphatic rings. The van der Waals surface area contributed by atoms with Crippen molar-refractivity contribution < 1.29 is 9.18 Å². The standard InChI is InChI=1S/C17H26FNO/c1-16(2,3)15(20)14(19-17(4,5)6)11-12-8-7-9-13(18)10-12/h7-10,14,19H,11H2,1-6H3/t14-/m0/s1. The molecular formula is C17H26FNO. The molecule has 20 heavy (non-hydrogen) atoms. The van der Waals surface area contributed by atoms with Gasteiger partial charge in [0.2, 0.25) is 0 Å². The van der Waals surface area contributed by atoms with Crippen molar-refractivity contribution >= 4 is 5.78 Å². The summed E-state index contributed by atoms with van der Waals surface area (Å²) >= 11 is 0. The zero-order chi connectivity index (χ0) is 15.6. The molecule has 112 valence electrons. The number of hydrogen-bond acceptors (Lipinski definition) is 2. The van der Waals surface area contributed by atoms with E-state index in [9.17, 15) is 9.18 Å². The normalized spacial score (nSPS) is 14.2. The van der Waals surface area contributed by atoms with E-state index in [-0.39, 0.29) is 23.2 Å². The number of carbonyl (C=O) groups excluding carboxylic acids is 1. The van der Waals surface area contributed by atoms with Crippen LogP contribution >= 0.6 is 0 Å². The fourth-order valence-electron chi connectivity index (χ4n) is 2.15. The molecule has 0 amide bonds. The third-order valence-corrected chi connectivity index (χ3v) is 2.99. The van der Waals surface area contributed by atoms with Gasteiger partial charge in [-0.05, 0) is 44.9 Å². The SMILES string of the molecule is CC(C)(C)N[C@@H](Cc1cccc(F)c1)C(=O)C(C)(C)C. The molecule has 1 N–H and O–H groups in total. The Labute approximate surface area is 121 Å². The lowest BCUT2D eigenvalue weighted by atomic mass is 9.83. The first-order valence-corrected chi connectivity index (χ1v) is 7.05. The Morgan fingerprint density at radius 3 is 2.25 bits per heavy atom. The molecule has 0 saturated heterocycles. The minimum Gasteiger partial charge on any atom is -0.302 e. The summed E-state index contributed by atoms with van der Waals surface area (Å²) in [6, 6.07) is 6.14. The summed E-state index contributed by atoms with van der Waals surface area (Å²) in [6.45, 7) is 11.8. The Bertz CT molecular complexity index is 469. The summed E-state index contributed by atoms with van der Waals surface area (Å²) in [5.74, 6) is -0.114. The van der Waals surface area contributed by atoms with E-state index in [0.717, 1.165) is 5.56 Å². The van der Waals surface area contributed by atoms with Crippen LogP contribution in [0, 0.1) is 11.2 Å². The monoisotopic (exact) mass is 279 g/mol. The predicted molar refractivity (Wildman–Crippen MR) is 81.2 cm³/mol. The maximum Gasteiger partial charge on any atom is 0.155 e. The molecule has 2 nitrogen and oxygen atoms in total. The van der Waals surface area contributed by atoms with Crippen LogP contribution in [0.4, 0.5) is 4.39 Å². The number of nitrogens with one attached hydrogen (secondary N) is 1. The van der Waals surface area contributed by atoms with Gasteiger partial charge in [-0.2, -0.15) is 0 Å². The maximum atomic E-state index is 13.3. The highest BCUT2D eigenvalue weighted by molar-refractivity contribution is 5.89. The Morgan fingerprint density at radius 2 is 1.80 bits per heavy atom. The Balaban J connectivity index is 2.97. The third-order valence-electron chi connectivity index (χ3n) is 2.99. The van der Waals surface area contributed by atoms with Crippen LogP contribution < -0.4 is 5.32 Å². The van der Waals surface area contributed by atoms with Crippen molar-refractivity contribution in [3.05, 3.63) is 35.6 Å². The van der Waals surface area contributed by atoms with Gasteiger partial charge in [0.1, 0.15) is 5.82 Å². The lowest BCUT2D eigenvalue weighted by molar-refractivity contribution is -0.128. The molecule has 0 aliphatic carbocycles. The second-order valence-corrected chi connectivity index (χ2v) is 7.40.